The standard InChI is InChI=1S/C21H17F6N3O3S/c1-3-10-30-19(20(23,24)21(25,26)27)17(13-6-9-16(33-2)15(22)11-13)18(29-30)12-4-7-14(8-5-12)34(28,31)32/h3-11H,1-2H3,(H2,28,31,32). The molecule has 0 spiro atoms. The van der Waals surface area contributed by atoms with E-state index in [2.05, 4.69) is 5.10 Å². The summed E-state index contributed by atoms with van der Waals surface area (Å²) in [5.74, 6) is -6.65. The van der Waals surface area contributed by atoms with Gasteiger partial charge in [-0.25, -0.2) is 22.6 Å². The molecule has 182 valence electrons. The van der Waals surface area contributed by atoms with Gasteiger partial charge in [0.15, 0.2) is 11.6 Å². The predicted molar refractivity (Wildman–Crippen MR) is 112 cm³/mol. The first-order valence-corrected chi connectivity index (χ1v) is 10.9. The van der Waals surface area contributed by atoms with Crippen LogP contribution in [0, 0.1) is 5.82 Å². The Morgan fingerprint density at radius 3 is 2.09 bits per heavy atom. The van der Waals surface area contributed by atoms with Crippen molar-refractivity contribution in [3.63, 3.8) is 0 Å². The van der Waals surface area contributed by atoms with E-state index in [1.165, 1.54) is 13.0 Å². The molecule has 34 heavy (non-hydrogen) atoms. The first-order valence-electron chi connectivity index (χ1n) is 9.39. The summed E-state index contributed by atoms with van der Waals surface area (Å²) in [7, 11) is -2.94. The predicted octanol–water partition coefficient (Wildman–Crippen LogP) is 5.16. The maximum absolute atomic E-state index is 14.8. The monoisotopic (exact) mass is 505 g/mol. The molecule has 0 saturated carbocycles. The summed E-state index contributed by atoms with van der Waals surface area (Å²) in [6.07, 6.45) is -3.92. The summed E-state index contributed by atoms with van der Waals surface area (Å²) in [4.78, 5) is -0.318. The molecule has 2 N–H and O–H groups in total. The van der Waals surface area contributed by atoms with Crippen molar-refractivity contribution in [1.29, 1.82) is 0 Å². The Bertz CT molecular complexity index is 1350. The van der Waals surface area contributed by atoms with Gasteiger partial charge in [0, 0.05) is 17.3 Å². The second kappa shape index (κ2) is 8.80. The number of nitrogens with zero attached hydrogens (tertiary/aromatic N) is 2. The Morgan fingerprint density at radius 1 is 1.03 bits per heavy atom. The molecule has 3 aromatic rings. The third kappa shape index (κ3) is 4.53. The van der Waals surface area contributed by atoms with Gasteiger partial charge < -0.3 is 4.74 Å². The Labute approximate surface area is 190 Å². The van der Waals surface area contributed by atoms with E-state index in [0.717, 1.165) is 55.8 Å². The van der Waals surface area contributed by atoms with Crippen LogP contribution >= 0.6 is 0 Å². The number of alkyl halides is 5. The highest BCUT2D eigenvalue weighted by atomic mass is 32.2. The Morgan fingerprint density at radius 2 is 1.62 bits per heavy atom. The molecular weight excluding hydrogens is 488 g/mol. The summed E-state index contributed by atoms with van der Waals surface area (Å²) in [6, 6.07) is 7.28. The maximum Gasteiger partial charge on any atom is 0.459 e. The SMILES string of the molecule is CC=Cn1nc(-c2ccc(S(N)(=O)=O)cc2)c(-c2ccc(OC)c(F)c2)c1C(F)(F)C(F)(F)F. The van der Waals surface area contributed by atoms with Gasteiger partial charge in [-0.05, 0) is 36.8 Å². The van der Waals surface area contributed by atoms with Crippen molar-refractivity contribution < 1.29 is 39.5 Å². The topological polar surface area (TPSA) is 87.2 Å². The molecule has 6 nitrogen and oxygen atoms in total. The number of rotatable bonds is 6. The van der Waals surface area contributed by atoms with Crippen molar-refractivity contribution >= 4 is 16.2 Å². The molecule has 0 saturated heterocycles. The highest BCUT2D eigenvalue weighted by Gasteiger charge is 2.62. The molecule has 0 bridgehead atoms. The van der Waals surface area contributed by atoms with Gasteiger partial charge in [0.25, 0.3) is 0 Å². The average molecular weight is 505 g/mol. The molecule has 0 aliphatic rings. The van der Waals surface area contributed by atoms with Gasteiger partial charge in [0.2, 0.25) is 10.0 Å². The molecule has 0 amide bonds. The second-order valence-corrected chi connectivity index (χ2v) is 8.55. The summed E-state index contributed by atoms with van der Waals surface area (Å²) >= 11 is 0. The number of aromatic nitrogens is 2. The quantitative estimate of drug-likeness (QED) is 0.469. The van der Waals surface area contributed by atoms with Crippen LogP contribution in [-0.2, 0) is 15.9 Å². The minimum absolute atomic E-state index is 0.0129. The highest BCUT2D eigenvalue weighted by Crippen LogP contribution is 2.50. The minimum Gasteiger partial charge on any atom is -0.494 e. The number of benzene rings is 2. The molecule has 1 heterocycles. The summed E-state index contributed by atoms with van der Waals surface area (Å²) in [5, 5.41) is 8.95. The molecule has 0 atom stereocenters. The third-order valence-electron chi connectivity index (χ3n) is 4.75. The first-order chi connectivity index (χ1) is 15.7. The number of methoxy groups -OCH3 is 1. The molecule has 0 unspecified atom stereocenters. The van der Waals surface area contributed by atoms with Crippen LogP contribution in [0.25, 0.3) is 28.6 Å². The zero-order chi connectivity index (χ0) is 25.5. The van der Waals surface area contributed by atoms with E-state index in [0.29, 0.717) is 4.68 Å². The maximum atomic E-state index is 14.8. The van der Waals surface area contributed by atoms with Crippen molar-refractivity contribution in [2.45, 2.75) is 23.9 Å². The molecular formula is C21H17F6N3O3S. The van der Waals surface area contributed by atoms with Crippen LogP contribution < -0.4 is 9.88 Å². The van der Waals surface area contributed by atoms with Gasteiger partial charge in [-0.1, -0.05) is 24.3 Å². The molecule has 3 rings (SSSR count). The number of sulfonamides is 1. The van der Waals surface area contributed by atoms with Crippen molar-refractivity contribution in [3.05, 3.63) is 60.1 Å². The normalized spacial score (nSPS) is 13.0. The third-order valence-corrected chi connectivity index (χ3v) is 5.68. The fourth-order valence-electron chi connectivity index (χ4n) is 3.22. The van der Waals surface area contributed by atoms with Crippen molar-refractivity contribution in [3.8, 4) is 28.1 Å². The molecule has 0 fully saturated rings. The number of hydrogen-bond donors (Lipinski definition) is 1. The average Bonchev–Trinajstić information content (AvgIpc) is 3.12. The van der Waals surface area contributed by atoms with E-state index >= 15 is 0 Å². The van der Waals surface area contributed by atoms with E-state index in [1.54, 1.807) is 0 Å². The molecule has 0 aliphatic carbocycles. The van der Waals surface area contributed by atoms with Crippen LogP contribution in [0.1, 0.15) is 12.6 Å². The zero-order valence-electron chi connectivity index (χ0n) is 17.6. The highest BCUT2D eigenvalue weighted by molar-refractivity contribution is 7.89. The Kier molecular flexibility index (Phi) is 6.55. The van der Waals surface area contributed by atoms with Crippen LogP contribution in [0.15, 0.2) is 53.4 Å². The number of halogens is 6. The second-order valence-electron chi connectivity index (χ2n) is 6.99. The van der Waals surface area contributed by atoms with Gasteiger partial charge in [0.05, 0.1) is 12.0 Å². The Balaban J connectivity index is 2.42. The lowest BCUT2D eigenvalue weighted by atomic mass is 9.96. The van der Waals surface area contributed by atoms with Gasteiger partial charge in [0.1, 0.15) is 11.4 Å². The number of primary sulfonamides is 1. The largest absolute Gasteiger partial charge is 0.494 e. The van der Waals surface area contributed by atoms with Crippen molar-refractivity contribution in [2.24, 2.45) is 5.14 Å². The van der Waals surface area contributed by atoms with Gasteiger partial charge in [-0.2, -0.15) is 27.1 Å². The van der Waals surface area contributed by atoms with Crippen LogP contribution in [0.3, 0.4) is 0 Å². The van der Waals surface area contributed by atoms with Crippen LogP contribution in [0.2, 0.25) is 0 Å². The smallest absolute Gasteiger partial charge is 0.459 e. The number of allylic oxidation sites excluding steroid dienone is 1. The number of nitrogens with two attached hydrogens (primary N) is 1. The minimum atomic E-state index is -6.00. The van der Waals surface area contributed by atoms with Crippen LogP contribution in [0.5, 0.6) is 5.75 Å². The first kappa shape index (κ1) is 25.3. The molecule has 0 radical (unpaired) electrons. The fourth-order valence-corrected chi connectivity index (χ4v) is 3.73. The van der Waals surface area contributed by atoms with Gasteiger partial charge in [-0.15, -0.1) is 0 Å². The van der Waals surface area contributed by atoms with E-state index in [1.807, 2.05) is 0 Å². The summed E-state index contributed by atoms with van der Waals surface area (Å²) < 4.78 is 112. The Hall–Kier alpha value is -3.32. The summed E-state index contributed by atoms with van der Waals surface area (Å²) in [5.41, 5.74) is -2.97. The number of ether oxygens (including phenoxy) is 1. The molecule has 0 aliphatic heterocycles. The zero-order valence-corrected chi connectivity index (χ0v) is 18.4. The molecule has 13 heteroatoms. The van der Waals surface area contributed by atoms with Gasteiger partial charge in [-0.3, -0.25) is 0 Å². The van der Waals surface area contributed by atoms with E-state index in [9.17, 15) is 34.8 Å². The number of hydrogen-bond acceptors (Lipinski definition) is 4. The van der Waals surface area contributed by atoms with E-state index < -0.39 is 39.2 Å². The van der Waals surface area contributed by atoms with Crippen LogP contribution in [-0.4, -0.2) is 31.5 Å². The van der Waals surface area contributed by atoms with E-state index in [-0.39, 0.29) is 27.5 Å². The summed E-state index contributed by atoms with van der Waals surface area (Å²) in [6.45, 7) is 1.38. The van der Waals surface area contributed by atoms with Crippen molar-refractivity contribution in [2.75, 3.05) is 7.11 Å². The lowest BCUT2D eigenvalue weighted by Crippen LogP contribution is -2.35. The van der Waals surface area contributed by atoms with Crippen molar-refractivity contribution in [1.82, 2.24) is 9.78 Å². The molecule has 1 aromatic heterocycles. The fraction of sp³-hybridized carbons (Fsp3) is 0.190. The van der Waals surface area contributed by atoms with E-state index in [4.69, 9.17) is 9.88 Å². The lowest BCUT2D eigenvalue weighted by molar-refractivity contribution is -0.291. The van der Waals surface area contributed by atoms with Gasteiger partial charge >= 0.3 is 12.1 Å². The lowest BCUT2D eigenvalue weighted by Gasteiger charge is -2.21. The molecule has 2 aromatic carbocycles. The van der Waals surface area contributed by atoms with Crippen LogP contribution in [0.4, 0.5) is 26.3 Å².